The number of benzene rings is 1. The lowest BCUT2D eigenvalue weighted by atomic mass is 9.98. The Hall–Kier alpha value is -2.92. The van der Waals surface area contributed by atoms with Crippen LogP contribution in [0.4, 0.5) is 0 Å². The van der Waals surface area contributed by atoms with Gasteiger partial charge in [0, 0.05) is 50.4 Å². The van der Waals surface area contributed by atoms with Gasteiger partial charge in [-0.1, -0.05) is 0 Å². The van der Waals surface area contributed by atoms with Crippen LogP contribution < -0.4 is 0 Å². The number of phenolic OH excluding ortho intramolecular Hbond substituents is 1. The first-order chi connectivity index (χ1) is 18.2. The Morgan fingerprint density at radius 2 is 1.92 bits per heavy atom. The molecule has 3 aromatic rings. The van der Waals surface area contributed by atoms with Gasteiger partial charge in [0.1, 0.15) is 12.0 Å². The third-order valence-corrected chi connectivity index (χ3v) is 7.22. The minimum Gasteiger partial charge on any atom is -0.508 e. The molecule has 1 saturated heterocycles. The number of nitrogens with zero attached hydrogens (tertiary/aromatic N) is 3. The molecule has 0 spiro atoms. The zero-order chi connectivity index (χ0) is 27.7. The van der Waals surface area contributed by atoms with E-state index in [2.05, 4.69) is 20.2 Å². The van der Waals surface area contributed by atoms with Gasteiger partial charge < -0.3 is 24.1 Å². The van der Waals surface area contributed by atoms with Gasteiger partial charge in [0.2, 0.25) is 0 Å². The lowest BCUT2D eigenvalue weighted by Crippen LogP contribution is -2.32. The quantitative estimate of drug-likeness (QED) is 0.187. The van der Waals surface area contributed by atoms with E-state index in [-0.39, 0.29) is 18.5 Å². The molecule has 3 heterocycles. The largest absolute Gasteiger partial charge is 0.508 e. The van der Waals surface area contributed by atoms with Gasteiger partial charge in [0.15, 0.2) is 6.79 Å². The number of methoxy groups -OCH3 is 2. The topological polar surface area (TPSA) is 103 Å². The predicted molar refractivity (Wildman–Crippen MR) is 147 cm³/mol. The van der Waals surface area contributed by atoms with E-state index in [9.17, 15) is 14.7 Å². The molecule has 0 unspecified atom stereocenters. The van der Waals surface area contributed by atoms with Crippen molar-refractivity contribution in [2.24, 2.45) is 5.41 Å². The fourth-order valence-corrected chi connectivity index (χ4v) is 5.03. The lowest BCUT2D eigenvalue weighted by Gasteiger charge is -2.30. The molecule has 1 aliphatic rings. The van der Waals surface area contributed by atoms with E-state index in [1.54, 1.807) is 56.6 Å². The second-order valence-corrected chi connectivity index (χ2v) is 11.1. The van der Waals surface area contributed by atoms with Crippen molar-refractivity contribution in [1.29, 1.82) is 0 Å². The number of ether oxygens (including phenoxy) is 3. The Kier molecular flexibility index (Phi) is 10.7. The number of hydrogen-bond acceptors (Lipinski definition) is 9. The molecular formula is C28H37N3O6S. The molecule has 4 rings (SSSR count). The first-order valence-electron chi connectivity index (χ1n) is 12.5. The molecular weight excluding hydrogens is 506 g/mol. The van der Waals surface area contributed by atoms with Gasteiger partial charge >= 0.3 is 5.97 Å². The summed E-state index contributed by atoms with van der Waals surface area (Å²) in [6.45, 7) is 7.32. The molecule has 0 amide bonds. The summed E-state index contributed by atoms with van der Waals surface area (Å²) in [6, 6.07) is 9.54. The summed E-state index contributed by atoms with van der Waals surface area (Å²) >= 11 is 1.67. The number of hydrogen-bond donors (Lipinski definition) is 1. The van der Waals surface area contributed by atoms with Crippen LogP contribution in [-0.4, -0.2) is 71.5 Å². The highest BCUT2D eigenvalue weighted by molar-refractivity contribution is 7.97. The van der Waals surface area contributed by atoms with Crippen LogP contribution in [0.5, 0.6) is 5.75 Å². The van der Waals surface area contributed by atoms with Crippen molar-refractivity contribution in [2.45, 2.75) is 51.0 Å². The minimum atomic E-state index is -0.432. The maximum atomic E-state index is 10.9. The summed E-state index contributed by atoms with van der Waals surface area (Å²) in [5.74, 6) is 0.0134. The van der Waals surface area contributed by atoms with E-state index >= 15 is 0 Å². The molecule has 1 aliphatic heterocycles. The Labute approximate surface area is 228 Å². The normalized spacial score (nSPS) is 14.7. The van der Waals surface area contributed by atoms with Crippen LogP contribution in [0, 0.1) is 5.41 Å². The van der Waals surface area contributed by atoms with Gasteiger partial charge in [-0.15, -0.1) is 0 Å². The molecule has 38 heavy (non-hydrogen) atoms. The molecule has 1 fully saturated rings. The predicted octanol–water partition coefficient (Wildman–Crippen LogP) is 4.75. The van der Waals surface area contributed by atoms with Gasteiger partial charge in [-0.2, -0.15) is 5.10 Å². The Morgan fingerprint density at radius 1 is 1.18 bits per heavy atom. The molecule has 9 nitrogen and oxygen atoms in total. The van der Waals surface area contributed by atoms with E-state index in [1.165, 1.54) is 7.11 Å². The molecule has 2 aromatic heterocycles. The van der Waals surface area contributed by atoms with Crippen molar-refractivity contribution in [1.82, 2.24) is 13.9 Å². The molecule has 0 aliphatic carbocycles. The van der Waals surface area contributed by atoms with E-state index < -0.39 is 5.41 Å². The third kappa shape index (κ3) is 8.04. The zero-order valence-electron chi connectivity index (χ0n) is 22.7. The molecule has 0 radical (unpaired) electrons. The standard InChI is InChI=1S/C21H23N3O3S.C7H14O3/c1-27-18-5-8-23(9-6-18)28-21-13-17(26)2-3-19(21)15-4-10-24-20(12-15)16(7-11-25)14-22-24;1-7(2,3)6(8)10-5-9-4/h2-4,10-14,18,26H,5-9H2,1H3;5H2,1-4H3. The molecule has 0 bridgehead atoms. The summed E-state index contributed by atoms with van der Waals surface area (Å²) in [7, 11) is 3.25. The van der Waals surface area contributed by atoms with Crippen molar-refractivity contribution < 1.29 is 28.9 Å². The second-order valence-electron chi connectivity index (χ2n) is 10.0. The number of carbonyl (C=O) groups excluding carboxylic acids is 2. The van der Waals surface area contributed by atoms with Crippen LogP contribution in [0.3, 0.4) is 0 Å². The van der Waals surface area contributed by atoms with Crippen molar-refractivity contribution in [3.63, 3.8) is 0 Å². The summed E-state index contributed by atoms with van der Waals surface area (Å²) in [4.78, 5) is 22.9. The first-order valence-corrected chi connectivity index (χ1v) is 13.3. The molecule has 0 saturated carbocycles. The monoisotopic (exact) mass is 543 g/mol. The smallest absolute Gasteiger partial charge is 0.313 e. The molecule has 206 valence electrons. The van der Waals surface area contributed by atoms with E-state index in [0.29, 0.717) is 12.5 Å². The van der Waals surface area contributed by atoms with Crippen LogP contribution in [0.25, 0.3) is 16.6 Å². The SMILES string of the molecule is COC1CCN(Sc2cc(O)ccc2-c2ccn3ncc(CC=O)c3c2)CC1.COCOC(=O)C(C)(C)C. The summed E-state index contributed by atoms with van der Waals surface area (Å²) in [6.07, 6.45) is 7.24. The van der Waals surface area contributed by atoms with Crippen LogP contribution in [0.15, 0.2) is 47.6 Å². The van der Waals surface area contributed by atoms with E-state index in [4.69, 9.17) is 9.47 Å². The zero-order valence-corrected chi connectivity index (χ0v) is 23.5. The van der Waals surface area contributed by atoms with Gasteiger partial charge in [0.05, 0.1) is 23.2 Å². The maximum absolute atomic E-state index is 10.9. The Balaban J connectivity index is 0.000000342. The van der Waals surface area contributed by atoms with Crippen molar-refractivity contribution in [3.8, 4) is 16.9 Å². The van der Waals surface area contributed by atoms with Crippen LogP contribution in [-0.2, 0) is 30.2 Å². The Bertz CT molecular complexity index is 1220. The highest BCUT2D eigenvalue weighted by atomic mass is 32.2. The summed E-state index contributed by atoms with van der Waals surface area (Å²) < 4.78 is 18.8. The minimum absolute atomic E-state index is 0.0378. The Morgan fingerprint density at radius 3 is 2.55 bits per heavy atom. The number of esters is 1. The molecule has 0 atom stereocenters. The third-order valence-electron chi connectivity index (χ3n) is 6.06. The van der Waals surface area contributed by atoms with Crippen LogP contribution >= 0.6 is 11.9 Å². The number of fused-ring (bicyclic) bond motifs is 1. The number of piperidine rings is 1. The number of rotatable bonds is 8. The highest BCUT2D eigenvalue weighted by Crippen LogP contribution is 2.37. The van der Waals surface area contributed by atoms with Crippen molar-refractivity contribution in [3.05, 3.63) is 48.3 Å². The maximum Gasteiger partial charge on any atom is 0.313 e. The average molecular weight is 544 g/mol. The number of aromatic hydroxyl groups is 1. The number of carbonyl (C=O) groups is 2. The molecule has 10 heteroatoms. The molecule has 1 aromatic carbocycles. The molecule has 1 N–H and O–H groups in total. The summed E-state index contributed by atoms with van der Waals surface area (Å²) in [5, 5.41) is 14.4. The number of pyridine rings is 1. The fraction of sp³-hybridized carbons (Fsp3) is 0.464. The van der Waals surface area contributed by atoms with Gasteiger partial charge in [-0.05, 0) is 87.0 Å². The van der Waals surface area contributed by atoms with Gasteiger partial charge in [0.25, 0.3) is 0 Å². The average Bonchev–Trinajstić information content (AvgIpc) is 3.30. The number of aromatic nitrogens is 2. The second kappa shape index (κ2) is 13.7. The van der Waals surface area contributed by atoms with Crippen molar-refractivity contribution in [2.75, 3.05) is 34.1 Å². The van der Waals surface area contributed by atoms with E-state index in [1.807, 2.05) is 24.4 Å². The van der Waals surface area contributed by atoms with Gasteiger partial charge in [-0.25, -0.2) is 8.82 Å². The first kappa shape index (κ1) is 29.6. The van der Waals surface area contributed by atoms with E-state index in [0.717, 1.165) is 59.3 Å². The van der Waals surface area contributed by atoms with Gasteiger partial charge in [-0.3, -0.25) is 4.79 Å². The lowest BCUT2D eigenvalue weighted by molar-refractivity contribution is -0.163. The van der Waals surface area contributed by atoms with Crippen molar-refractivity contribution >= 4 is 29.7 Å². The fourth-order valence-electron chi connectivity index (χ4n) is 3.90. The number of aldehydes is 1. The highest BCUT2D eigenvalue weighted by Gasteiger charge is 2.23. The van der Waals surface area contributed by atoms with Crippen LogP contribution in [0.2, 0.25) is 0 Å². The van der Waals surface area contributed by atoms with Crippen LogP contribution in [0.1, 0.15) is 39.2 Å². The number of phenols is 1. The summed E-state index contributed by atoms with van der Waals surface area (Å²) in [5.41, 5.74) is 3.49.